The van der Waals surface area contributed by atoms with Crippen LogP contribution in [-0.2, 0) is 4.79 Å². The highest BCUT2D eigenvalue weighted by Gasteiger charge is 2.22. The molecule has 168 valence electrons. The number of alkyl halides is 2. The van der Waals surface area contributed by atoms with Gasteiger partial charge in [0.25, 0.3) is 11.8 Å². The van der Waals surface area contributed by atoms with Gasteiger partial charge in [-0.15, -0.1) is 0 Å². The molecule has 0 aliphatic carbocycles. The van der Waals surface area contributed by atoms with E-state index in [4.69, 9.17) is 4.74 Å². The summed E-state index contributed by atoms with van der Waals surface area (Å²) >= 11 is 0. The van der Waals surface area contributed by atoms with Gasteiger partial charge in [0, 0.05) is 24.1 Å². The number of ether oxygens (including phenoxy) is 1. The predicted molar refractivity (Wildman–Crippen MR) is 116 cm³/mol. The highest BCUT2D eigenvalue weighted by atomic mass is 19.3. The van der Waals surface area contributed by atoms with Crippen molar-refractivity contribution < 1.29 is 23.1 Å². The largest absolute Gasteiger partial charge is 0.487 e. The third-order valence-electron chi connectivity index (χ3n) is 4.52. The molecule has 8 heteroatoms. The molecule has 0 fully saturated rings. The first kappa shape index (κ1) is 24.2. The second-order valence-electron chi connectivity index (χ2n) is 8.11. The van der Waals surface area contributed by atoms with Crippen molar-refractivity contribution >= 4 is 17.6 Å². The molecule has 1 aromatic carbocycles. The molecule has 2 N–H and O–H groups in total. The van der Waals surface area contributed by atoms with Crippen LogP contribution >= 0.6 is 0 Å². The molecule has 2 rings (SSSR count). The zero-order valence-electron chi connectivity index (χ0n) is 18.7. The lowest BCUT2D eigenvalue weighted by Crippen LogP contribution is -2.27. The summed E-state index contributed by atoms with van der Waals surface area (Å²) in [5.74, 6) is -2.83. The number of aromatic nitrogens is 1. The average Bonchev–Trinajstić information content (AvgIpc) is 2.65. The molecule has 1 heterocycles. The lowest BCUT2D eigenvalue weighted by molar-refractivity contribution is -0.118. The number of hydrogen-bond donors (Lipinski definition) is 2. The van der Waals surface area contributed by atoms with Crippen molar-refractivity contribution in [2.24, 2.45) is 5.92 Å². The van der Waals surface area contributed by atoms with E-state index in [1.165, 1.54) is 12.1 Å². The monoisotopic (exact) mass is 433 g/mol. The van der Waals surface area contributed by atoms with Crippen LogP contribution in [0.15, 0.2) is 30.3 Å². The van der Waals surface area contributed by atoms with Crippen molar-refractivity contribution in [3.8, 4) is 5.75 Å². The molecule has 6 nitrogen and oxygen atoms in total. The standard InChI is InChI=1S/C23H29F2N3O3/c1-13(2)21(29)28-20-11-18(10-15(4)26-20)16(5)27-22(30)17-7-8-19(14(3)9-17)31-12-23(6,24)25/h7-11,13,16H,12H2,1-6H3,(H,27,30)(H,26,28,29). The van der Waals surface area contributed by atoms with E-state index in [1.54, 1.807) is 32.9 Å². The molecule has 1 unspecified atom stereocenters. The molecular formula is C23H29F2N3O3. The number of hydrogen-bond acceptors (Lipinski definition) is 4. The lowest BCUT2D eigenvalue weighted by Gasteiger charge is -2.18. The summed E-state index contributed by atoms with van der Waals surface area (Å²) in [6.45, 7) is 8.97. The average molecular weight is 433 g/mol. The SMILES string of the molecule is Cc1cc(C(C)NC(=O)c2ccc(OCC(C)(F)F)c(C)c2)cc(NC(=O)C(C)C)n1. The number of nitrogens with one attached hydrogen (secondary N) is 2. The normalized spacial score (nSPS) is 12.4. The van der Waals surface area contributed by atoms with Crippen LogP contribution in [0.4, 0.5) is 14.6 Å². The topological polar surface area (TPSA) is 80.3 Å². The number of halogens is 2. The van der Waals surface area contributed by atoms with E-state index in [1.807, 2.05) is 19.9 Å². The van der Waals surface area contributed by atoms with E-state index in [9.17, 15) is 18.4 Å². The van der Waals surface area contributed by atoms with Crippen LogP contribution in [0.5, 0.6) is 5.75 Å². The van der Waals surface area contributed by atoms with Crippen molar-refractivity contribution in [2.45, 2.75) is 53.5 Å². The Balaban J connectivity index is 2.11. The molecular weight excluding hydrogens is 404 g/mol. The Bertz CT molecular complexity index is 956. The summed E-state index contributed by atoms with van der Waals surface area (Å²) in [6, 6.07) is 7.85. The van der Waals surface area contributed by atoms with E-state index in [2.05, 4.69) is 15.6 Å². The van der Waals surface area contributed by atoms with E-state index in [0.717, 1.165) is 12.5 Å². The summed E-state index contributed by atoms with van der Waals surface area (Å²) in [6.07, 6.45) is 0. The summed E-state index contributed by atoms with van der Waals surface area (Å²) in [7, 11) is 0. The minimum atomic E-state index is -2.94. The number of carbonyl (C=O) groups excluding carboxylic acids is 2. The number of nitrogens with zero attached hydrogens (tertiary/aromatic N) is 1. The molecule has 1 atom stereocenters. The van der Waals surface area contributed by atoms with Crippen molar-refractivity contribution in [1.29, 1.82) is 0 Å². The number of benzene rings is 1. The van der Waals surface area contributed by atoms with Crippen LogP contribution in [0.25, 0.3) is 0 Å². The number of amides is 2. The summed E-state index contributed by atoms with van der Waals surface area (Å²) in [5.41, 5.74) is 2.48. The maximum Gasteiger partial charge on any atom is 0.278 e. The van der Waals surface area contributed by atoms with Crippen LogP contribution in [0.2, 0.25) is 0 Å². The van der Waals surface area contributed by atoms with Gasteiger partial charge in [0.05, 0.1) is 6.04 Å². The summed E-state index contributed by atoms with van der Waals surface area (Å²) < 4.78 is 31.1. The number of aryl methyl sites for hydroxylation is 2. The van der Waals surface area contributed by atoms with Crippen molar-refractivity contribution in [2.75, 3.05) is 11.9 Å². The first-order chi connectivity index (χ1) is 14.4. The van der Waals surface area contributed by atoms with E-state index < -0.39 is 12.5 Å². The lowest BCUT2D eigenvalue weighted by atomic mass is 10.1. The Hall–Kier alpha value is -3.03. The molecule has 2 amide bonds. The molecule has 0 saturated carbocycles. The second-order valence-corrected chi connectivity index (χ2v) is 8.11. The van der Waals surface area contributed by atoms with E-state index in [-0.39, 0.29) is 23.8 Å². The van der Waals surface area contributed by atoms with Gasteiger partial charge in [-0.1, -0.05) is 13.8 Å². The quantitative estimate of drug-likeness (QED) is 0.626. The Morgan fingerprint density at radius 1 is 1.13 bits per heavy atom. The zero-order valence-corrected chi connectivity index (χ0v) is 18.7. The van der Waals surface area contributed by atoms with E-state index in [0.29, 0.717) is 28.4 Å². The number of anilines is 1. The van der Waals surface area contributed by atoms with Gasteiger partial charge in [-0.05, 0) is 62.2 Å². The maximum atomic E-state index is 13.0. The van der Waals surface area contributed by atoms with Gasteiger partial charge in [-0.2, -0.15) is 0 Å². The van der Waals surface area contributed by atoms with Gasteiger partial charge in [-0.3, -0.25) is 9.59 Å². The zero-order chi connectivity index (χ0) is 23.3. The predicted octanol–water partition coefficient (Wildman–Crippen LogP) is 4.82. The first-order valence-corrected chi connectivity index (χ1v) is 10.1. The van der Waals surface area contributed by atoms with Crippen LogP contribution < -0.4 is 15.4 Å². The van der Waals surface area contributed by atoms with Gasteiger partial charge in [0.15, 0.2) is 6.61 Å². The Morgan fingerprint density at radius 3 is 2.39 bits per heavy atom. The Labute approximate surface area is 181 Å². The number of carbonyl (C=O) groups is 2. The molecule has 1 aromatic heterocycles. The fourth-order valence-corrected chi connectivity index (χ4v) is 2.80. The van der Waals surface area contributed by atoms with Crippen molar-refractivity contribution in [3.05, 3.63) is 52.7 Å². The highest BCUT2D eigenvalue weighted by molar-refractivity contribution is 5.95. The Morgan fingerprint density at radius 2 is 1.81 bits per heavy atom. The van der Waals surface area contributed by atoms with Gasteiger partial charge in [0.2, 0.25) is 5.91 Å². The number of pyridine rings is 1. The van der Waals surface area contributed by atoms with Gasteiger partial charge < -0.3 is 15.4 Å². The van der Waals surface area contributed by atoms with Gasteiger partial charge >= 0.3 is 0 Å². The van der Waals surface area contributed by atoms with E-state index >= 15 is 0 Å². The smallest absolute Gasteiger partial charge is 0.278 e. The summed E-state index contributed by atoms with van der Waals surface area (Å²) in [4.78, 5) is 29.0. The van der Waals surface area contributed by atoms with Crippen molar-refractivity contribution in [3.63, 3.8) is 0 Å². The molecule has 31 heavy (non-hydrogen) atoms. The molecule has 0 bridgehead atoms. The summed E-state index contributed by atoms with van der Waals surface area (Å²) in [5, 5.41) is 5.67. The molecule has 2 aromatic rings. The number of rotatable bonds is 8. The Kier molecular flexibility index (Phi) is 7.70. The van der Waals surface area contributed by atoms with Gasteiger partial charge in [0.1, 0.15) is 11.6 Å². The third-order valence-corrected chi connectivity index (χ3v) is 4.52. The van der Waals surface area contributed by atoms with Gasteiger partial charge in [-0.25, -0.2) is 13.8 Å². The fraction of sp³-hybridized carbons (Fsp3) is 0.435. The van der Waals surface area contributed by atoms with Crippen LogP contribution in [0, 0.1) is 19.8 Å². The minimum Gasteiger partial charge on any atom is -0.487 e. The molecule has 0 aliphatic heterocycles. The molecule has 0 spiro atoms. The minimum absolute atomic E-state index is 0.139. The molecule has 0 aliphatic rings. The molecule has 0 saturated heterocycles. The highest BCUT2D eigenvalue weighted by Crippen LogP contribution is 2.23. The third kappa shape index (κ3) is 7.31. The second kappa shape index (κ2) is 9.85. The maximum absolute atomic E-state index is 13.0. The first-order valence-electron chi connectivity index (χ1n) is 10.1. The van der Waals surface area contributed by atoms with Crippen LogP contribution in [0.3, 0.4) is 0 Å². The van der Waals surface area contributed by atoms with Crippen LogP contribution in [-0.4, -0.2) is 29.3 Å². The molecule has 0 radical (unpaired) electrons. The van der Waals surface area contributed by atoms with Crippen LogP contribution in [0.1, 0.15) is 60.9 Å². The fourth-order valence-electron chi connectivity index (χ4n) is 2.80. The van der Waals surface area contributed by atoms with Crippen molar-refractivity contribution in [1.82, 2.24) is 10.3 Å².